The number of rotatable bonds is 6. The fraction of sp³-hybridized carbons (Fsp3) is 0.421. The highest BCUT2D eigenvalue weighted by atomic mass is 79.9. The van der Waals surface area contributed by atoms with E-state index in [1.165, 1.54) is 0 Å². The molecule has 1 aromatic heterocycles. The first-order chi connectivity index (χ1) is 12.5. The van der Waals surface area contributed by atoms with Crippen LogP contribution in [-0.4, -0.2) is 28.1 Å². The van der Waals surface area contributed by atoms with Crippen LogP contribution in [0.1, 0.15) is 31.7 Å². The highest BCUT2D eigenvalue weighted by Crippen LogP contribution is 2.29. The topological polar surface area (TPSA) is 67.2 Å². The molecule has 3 rings (SSSR count). The Kier molecular flexibility index (Phi) is 5.76. The molecule has 2 amide bonds. The van der Waals surface area contributed by atoms with Gasteiger partial charge in [0.1, 0.15) is 5.82 Å². The van der Waals surface area contributed by atoms with E-state index in [2.05, 4.69) is 33.3 Å². The van der Waals surface area contributed by atoms with Crippen LogP contribution < -0.4 is 10.2 Å². The molecular formula is C19H23BrN4O2. The van der Waals surface area contributed by atoms with Gasteiger partial charge in [-0.25, -0.2) is 4.68 Å². The average Bonchev–Trinajstić information content (AvgIpc) is 3.22. The van der Waals surface area contributed by atoms with Crippen molar-refractivity contribution in [2.45, 2.75) is 39.7 Å². The second kappa shape index (κ2) is 8.03. The van der Waals surface area contributed by atoms with Gasteiger partial charge in [0.2, 0.25) is 11.8 Å². The Morgan fingerprint density at radius 2 is 2.19 bits per heavy atom. The van der Waals surface area contributed by atoms with Gasteiger partial charge in [-0.3, -0.25) is 9.59 Å². The summed E-state index contributed by atoms with van der Waals surface area (Å²) in [6.45, 7) is 5.27. The highest BCUT2D eigenvalue weighted by molar-refractivity contribution is 9.10. The van der Waals surface area contributed by atoms with Crippen LogP contribution >= 0.6 is 15.9 Å². The van der Waals surface area contributed by atoms with Crippen LogP contribution in [0.2, 0.25) is 0 Å². The maximum Gasteiger partial charge on any atom is 0.230 e. The number of carbonyl (C=O) groups excluding carboxylic acids is 2. The number of aromatic nitrogens is 2. The van der Waals surface area contributed by atoms with Crippen LogP contribution in [0.25, 0.3) is 0 Å². The number of nitrogens with one attached hydrogen (secondary N) is 1. The molecule has 0 spiro atoms. The van der Waals surface area contributed by atoms with E-state index in [1.54, 1.807) is 21.8 Å². The first kappa shape index (κ1) is 18.6. The fourth-order valence-corrected chi connectivity index (χ4v) is 3.33. The van der Waals surface area contributed by atoms with E-state index in [0.29, 0.717) is 12.4 Å². The van der Waals surface area contributed by atoms with Gasteiger partial charge in [-0.2, -0.15) is 5.10 Å². The van der Waals surface area contributed by atoms with Crippen molar-refractivity contribution < 1.29 is 9.59 Å². The molecular weight excluding hydrogens is 396 g/mol. The first-order valence-corrected chi connectivity index (χ1v) is 9.68. The number of unbranched alkanes of at least 4 members (excludes halogenated alkanes) is 1. The summed E-state index contributed by atoms with van der Waals surface area (Å²) in [5.41, 5.74) is 1.89. The molecule has 6 nitrogen and oxygen atoms in total. The minimum absolute atomic E-state index is 0.0219. The van der Waals surface area contributed by atoms with Gasteiger partial charge in [-0.05, 0) is 37.1 Å². The number of halogens is 1. The zero-order valence-corrected chi connectivity index (χ0v) is 16.6. The van der Waals surface area contributed by atoms with Crippen LogP contribution in [0.4, 0.5) is 11.5 Å². The lowest BCUT2D eigenvalue weighted by Crippen LogP contribution is -2.28. The molecule has 2 heterocycles. The molecule has 1 aliphatic rings. The molecule has 1 saturated heterocycles. The lowest BCUT2D eigenvalue weighted by molar-refractivity contribution is -0.122. The van der Waals surface area contributed by atoms with E-state index < -0.39 is 0 Å². The van der Waals surface area contributed by atoms with E-state index in [4.69, 9.17) is 0 Å². The van der Waals surface area contributed by atoms with Gasteiger partial charge in [0.15, 0.2) is 0 Å². The summed E-state index contributed by atoms with van der Waals surface area (Å²) in [7, 11) is 0. The van der Waals surface area contributed by atoms with E-state index in [-0.39, 0.29) is 24.2 Å². The molecule has 1 atom stereocenters. The molecule has 0 bridgehead atoms. The number of nitrogens with zero attached hydrogens (tertiary/aromatic N) is 3. The third-order valence-electron chi connectivity index (χ3n) is 4.64. The third-order valence-corrected chi connectivity index (χ3v) is 5.53. The maximum absolute atomic E-state index is 12.6. The Labute approximate surface area is 161 Å². The second-order valence-electron chi connectivity index (χ2n) is 6.62. The molecule has 0 saturated carbocycles. The summed E-state index contributed by atoms with van der Waals surface area (Å²) in [5, 5.41) is 7.18. The SMILES string of the molecule is CCCCn1nccc1NC(=O)C1CC(=O)N(c2ccc(Br)c(C)c2)C1. The van der Waals surface area contributed by atoms with Crippen molar-refractivity contribution >= 4 is 39.2 Å². The van der Waals surface area contributed by atoms with Gasteiger partial charge in [-0.15, -0.1) is 0 Å². The number of hydrogen-bond acceptors (Lipinski definition) is 3. The summed E-state index contributed by atoms with van der Waals surface area (Å²) in [4.78, 5) is 26.7. The van der Waals surface area contributed by atoms with Crippen molar-refractivity contribution in [2.24, 2.45) is 5.92 Å². The fourth-order valence-electron chi connectivity index (χ4n) is 3.08. The van der Waals surface area contributed by atoms with Gasteiger partial charge >= 0.3 is 0 Å². The van der Waals surface area contributed by atoms with Gasteiger partial charge in [-0.1, -0.05) is 29.3 Å². The number of anilines is 2. The van der Waals surface area contributed by atoms with Crippen molar-refractivity contribution in [3.8, 4) is 0 Å². The van der Waals surface area contributed by atoms with Crippen LogP contribution in [-0.2, 0) is 16.1 Å². The molecule has 138 valence electrons. The van der Waals surface area contributed by atoms with Gasteiger partial charge in [0.05, 0.1) is 12.1 Å². The molecule has 0 aliphatic carbocycles. The minimum atomic E-state index is -0.360. The molecule has 26 heavy (non-hydrogen) atoms. The van der Waals surface area contributed by atoms with E-state index >= 15 is 0 Å². The molecule has 7 heteroatoms. The van der Waals surface area contributed by atoms with Gasteiger partial charge < -0.3 is 10.2 Å². The van der Waals surface area contributed by atoms with E-state index in [0.717, 1.165) is 35.1 Å². The van der Waals surface area contributed by atoms with Gasteiger partial charge in [0, 0.05) is 35.7 Å². The number of benzene rings is 1. The summed E-state index contributed by atoms with van der Waals surface area (Å²) in [5.74, 6) is 0.175. The number of amides is 2. The van der Waals surface area contributed by atoms with Crippen molar-refractivity contribution in [1.29, 1.82) is 0 Å². The molecule has 0 radical (unpaired) electrons. The average molecular weight is 419 g/mol. The summed E-state index contributed by atoms with van der Waals surface area (Å²) in [6, 6.07) is 7.58. The standard InChI is InChI=1S/C19H23BrN4O2/c1-3-4-9-24-17(7-8-21-24)22-19(26)14-11-18(25)23(12-14)15-5-6-16(20)13(2)10-15/h5-8,10,14H,3-4,9,11-12H2,1-2H3,(H,22,26). The maximum atomic E-state index is 12.6. The molecule has 1 fully saturated rings. The number of aryl methyl sites for hydroxylation is 2. The lowest BCUT2D eigenvalue weighted by Gasteiger charge is -2.18. The minimum Gasteiger partial charge on any atom is -0.312 e. The second-order valence-corrected chi connectivity index (χ2v) is 7.48. The summed E-state index contributed by atoms with van der Waals surface area (Å²) < 4.78 is 2.80. The molecule has 1 unspecified atom stereocenters. The monoisotopic (exact) mass is 418 g/mol. The highest BCUT2D eigenvalue weighted by Gasteiger charge is 2.35. The zero-order chi connectivity index (χ0) is 18.7. The molecule has 2 aromatic rings. The van der Waals surface area contributed by atoms with Crippen LogP contribution in [0.3, 0.4) is 0 Å². The quantitative estimate of drug-likeness (QED) is 0.776. The molecule has 1 N–H and O–H groups in total. The van der Waals surface area contributed by atoms with Crippen molar-refractivity contribution in [1.82, 2.24) is 9.78 Å². The number of carbonyl (C=O) groups is 2. The van der Waals surface area contributed by atoms with Crippen molar-refractivity contribution in [3.05, 3.63) is 40.5 Å². The van der Waals surface area contributed by atoms with Gasteiger partial charge in [0.25, 0.3) is 0 Å². The number of hydrogen-bond donors (Lipinski definition) is 1. The van der Waals surface area contributed by atoms with Crippen LogP contribution in [0.15, 0.2) is 34.9 Å². The van der Waals surface area contributed by atoms with Crippen LogP contribution in [0, 0.1) is 12.8 Å². The van der Waals surface area contributed by atoms with E-state index in [1.807, 2.05) is 25.1 Å². The largest absolute Gasteiger partial charge is 0.312 e. The predicted molar refractivity (Wildman–Crippen MR) is 105 cm³/mol. The smallest absolute Gasteiger partial charge is 0.230 e. The molecule has 1 aliphatic heterocycles. The Morgan fingerprint density at radius 3 is 2.92 bits per heavy atom. The Morgan fingerprint density at radius 1 is 1.38 bits per heavy atom. The van der Waals surface area contributed by atoms with E-state index in [9.17, 15) is 9.59 Å². The van der Waals surface area contributed by atoms with Crippen LogP contribution in [0.5, 0.6) is 0 Å². The van der Waals surface area contributed by atoms with Crippen molar-refractivity contribution in [3.63, 3.8) is 0 Å². The lowest BCUT2D eigenvalue weighted by atomic mass is 10.1. The first-order valence-electron chi connectivity index (χ1n) is 8.88. The third kappa shape index (κ3) is 3.98. The zero-order valence-electron chi connectivity index (χ0n) is 15.0. The van der Waals surface area contributed by atoms with Crippen molar-refractivity contribution in [2.75, 3.05) is 16.8 Å². The Balaban J connectivity index is 1.67. The summed E-state index contributed by atoms with van der Waals surface area (Å²) >= 11 is 3.47. The predicted octanol–water partition coefficient (Wildman–Crippen LogP) is 3.75. The Bertz CT molecular complexity index is 818. The molecule has 1 aromatic carbocycles. The Hall–Kier alpha value is -2.15. The summed E-state index contributed by atoms with van der Waals surface area (Å²) in [6.07, 6.45) is 3.97. The normalized spacial score (nSPS) is 17.0.